The van der Waals surface area contributed by atoms with Crippen LogP contribution in [0.5, 0.6) is 0 Å². The SMILES string of the molecule is CCc1ccc(S(=O)(=O)N=C2S[C@@H](CC(=O)Nc3ccc(C)cc3)C(=O)N2C2CCCCC2)cc1. The van der Waals surface area contributed by atoms with Gasteiger partial charge in [0.25, 0.3) is 10.0 Å². The largest absolute Gasteiger partial charge is 0.326 e. The number of thioether (sulfide) groups is 1. The van der Waals surface area contributed by atoms with E-state index < -0.39 is 15.3 Å². The van der Waals surface area contributed by atoms with E-state index in [-0.39, 0.29) is 34.3 Å². The molecule has 1 N–H and O–H groups in total. The topological polar surface area (TPSA) is 95.9 Å². The zero-order chi connectivity index (χ0) is 25.0. The van der Waals surface area contributed by atoms with Crippen molar-refractivity contribution in [2.45, 2.75) is 75.0 Å². The Morgan fingerprint density at radius 2 is 1.71 bits per heavy atom. The standard InChI is InChI=1S/C26H31N3O4S2/c1-3-19-11-15-22(16-12-19)35(32,33)28-26-29(21-7-5-4-6-8-21)25(31)23(34-26)17-24(30)27-20-13-9-18(2)10-14-20/h9-16,21,23H,3-8,17H2,1-2H3,(H,27,30)/t23-/m0/s1. The summed E-state index contributed by atoms with van der Waals surface area (Å²) in [5.74, 6) is -0.529. The molecule has 0 bridgehead atoms. The van der Waals surface area contributed by atoms with Gasteiger partial charge in [-0.05, 0) is 56.0 Å². The Hall–Kier alpha value is -2.65. The smallest absolute Gasteiger partial charge is 0.284 e. The van der Waals surface area contributed by atoms with Gasteiger partial charge in [-0.3, -0.25) is 14.5 Å². The average Bonchev–Trinajstić information content (AvgIpc) is 3.14. The first-order chi connectivity index (χ1) is 16.8. The molecule has 7 nitrogen and oxygen atoms in total. The molecule has 2 amide bonds. The van der Waals surface area contributed by atoms with E-state index in [1.807, 2.05) is 38.1 Å². The molecule has 0 unspecified atom stereocenters. The number of sulfonamides is 1. The summed E-state index contributed by atoms with van der Waals surface area (Å²) in [7, 11) is -4.00. The molecule has 1 aliphatic heterocycles. The highest BCUT2D eigenvalue weighted by Gasteiger charge is 2.43. The summed E-state index contributed by atoms with van der Waals surface area (Å²) in [4.78, 5) is 27.7. The first kappa shape index (κ1) is 25.4. The van der Waals surface area contributed by atoms with Crippen molar-refractivity contribution in [1.29, 1.82) is 0 Å². The molecule has 0 radical (unpaired) electrons. The summed E-state index contributed by atoms with van der Waals surface area (Å²) in [6.45, 7) is 3.97. The van der Waals surface area contributed by atoms with E-state index in [9.17, 15) is 18.0 Å². The molecule has 2 aliphatic rings. The number of amidine groups is 1. The van der Waals surface area contributed by atoms with Crippen molar-refractivity contribution in [3.05, 3.63) is 59.7 Å². The number of nitrogens with zero attached hydrogens (tertiary/aromatic N) is 2. The minimum atomic E-state index is -4.00. The number of rotatable bonds is 7. The van der Waals surface area contributed by atoms with Crippen molar-refractivity contribution in [1.82, 2.24) is 4.90 Å². The number of aryl methyl sites for hydroxylation is 2. The lowest BCUT2D eigenvalue weighted by Crippen LogP contribution is -2.42. The van der Waals surface area contributed by atoms with Gasteiger partial charge < -0.3 is 5.32 Å². The van der Waals surface area contributed by atoms with Crippen LogP contribution in [-0.4, -0.2) is 41.6 Å². The number of carbonyl (C=O) groups excluding carboxylic acids is 2. The zero-order valence-electron chi connectivity index (χ0n) is 20.1. The van der Waals surface area contributed by atoms with Gasteiger partial charge in [-0.25, -0.2) is 0 Å². The van der Waals surface area contributed by atoms with Crippen LogP contribution in [0.4, 0.5) is 5.69 Å². The van der Waals surface area contributed by atoms with E-state index in [1.165, 1.54) is 0 Å². The monoisotopic (exact) mass is 513 g/mol. The summed E-state index contributed by atoms with van der Waals surface area (Å²) in [5.41, 5.74) is 2.77. The molecule has 1 saturated heterocycles. The maximum absolute atomic E-state index is 13.4. The van der Waals surface area contributed by atoms with E-state index in [2.05, 4.69) is 9.71 Å². The van der Waals surface area contributed by atoms with E-state index in [0.29, 0.717) is 5.69 Å². The summed E-state index contributed by atoms with van der Waals surface area (Å²) >= 11 is 1.08. The van der Waals surface area contributed by atoms with Crippen LogP contribution in [-0.2, 0) is 26.0 Å². The van der Waals surface area contributed by atoms with Crippen LogP contribution in [0.2, 0.25) is 0 Å². The Morgan fingerprint density at radius 3 is 2.34 bits per heavy atom. The molecule has 35 heavy (non-hydrogen) atoms. The Bertz CT molecular complexity index is 1200. The predicted octanol–water partition coefficient (Wildman–Crippen LogP) is 4.91. The summed E-state index contributed by atoms with van der Waals surface area (Å²) < 4.78 is 30.3. The van der Waals surface area contributed by atoms with Crippen LogP contribution in [0, 0.1) is 6.92 Å². The number of amides is 2. The molecule has 2 aromatic carbocycles. The molecule has 1 heterocycles. The molecule has 2 fully saturated rings. The quantitative estimate of drug-likeness (QED) is 0.568. The fraction of sp³-hybridized carbons (Fsp3) is 0.423. The minimum absolute atomic E-state index is 0.0507. The van der Waals surface area contributed by atoms with Gasteiger partial charge in [-0.15, -0.1) is 4.40 Å². The Morgan fingerprint density at radius 1 is 1.06 bits per heavy atom. The van der Waals surface area contributed by atoms with Gasteiger partial charge in [-0.2, -0.15) is 8.42 Å². The van der Waals surface area contributed by atoms with E-state index >= 15 is 0 Å². The van der Waals surface area contributed by atoms with Gasteiger partial charge >= 0.3 is 0 Å². The van der Waals surface area contributed by atoms with Gasteiger partial charge in [-0.1, -0.05) is 67.8 Å². The maximum Gasteiger partial charge on any atom is 0.284 e. The fourth-order valence-corrected chi connectivity index (χ4v) is 6.83. The Kier molecular flexibility index (Phi) is 7.96. The second-order valence-electron chi connectivity index (χ2n) is 9.07. The van der Waals surface area contributed by atoms with Gasteiger partial charge in [0, 0.05) is 18.2 Å². The fourth-order valence-electron chi connectivity index (χ4n) is 4.42. The second-order valence-corrected chi connectivity index (χ2v) is 11.8. The number of anilines is 1. The van der Waals surface area contributed by atoms with Crippen LogP contribution in [0.25, 0.3) is 0 Å². The molecule has 1 atom stereocenters. The third-order valence-corrected chi connectivity index (χ3v) is 8.99. The third-order valence-electron chi connectivity index (χ3n) is 6.44. The van der Waals surface area contributed by atoms with E-state index in [4.69, 9.17) is 0 Å². The van der Waals surface area contributed by atoms with Crippen molar-refractivity contribution in [2.75, 3.05) is 5.32 Å². The lowest BCUT2D eigenvalue weighted by molar-refractivity contribution is -0.130. The lowest BCUT2D eigenvalue weighted by Gasteiger charge is -2.30. The lowest BCUT2D eigenvalue weighted by atomic mass is 9.94. The first-order valence-electron chi connectivity index (χ1n) is 12.1. The van der Waals surface area contributed by atoms with Gasteiger partial charge in [0.15, 0.2) is 5.17 Å². The molecule has 4 rings (SSSR count). The van der Waals surface area contributed by atoms with Crippen LogP contribution < -0.4 is 5.32 Å². The van der Waals surface area contributed by atoms with Gasteiger partial charge in [0.1, 0.15) is 5.25 Å². The summed E-state index contributed by atoms with van der Waals surface area (Å²) in [6, 6.07) is 14.0. The molecule has 1 aliphatic carbocycles. The normalized spacial score (nSPS) is 20.4. The number of hydrogen-bond donors (Lipinski definition) is 1. The molecule has 1 saturated carbocycles. The molecular weight excluding hydrogens is 482 g/mol. The van der Waals surface area contributed by atoms with Crippen molar-refractivity contribution in [3.8, 4) is 0 Å². The minimum Gasteiger partial charge on any atom is -0.326 e. The highest BCUT2D eigenvalue weighted by atomic mass is 32.2. The Labute approximate surface area is 211 Å². The van der Waals surface area contributed by atoms with Crippen LogP contribution in [0.1, 0.15) is 56.6 Å². The van der Waals surface area contributed by atoms with Crippen molar-refractivity contribution in [2.24, 2.45) is 4.40 Å². The summed E-state index contributed by atoms with van der Waals surface area (Å²) in [6.07, 6.45) is 5.43. The molecule has 186 valence electrons. The Balaban J connectivity index is 1.57. The number of hydrogen-bond acceptors (Lipinski definition) is 5. The third kappa shape index (κ3) is 6.13. The molecule has 2 aromatic rings. The zero-order valence-corrected chi connectivity index (χ0v) is 21.7. The van der Waals surface area contributed by atoms with Crippen molar-refractivity contribution < 1.29 is 18.0 Å². The van der Waals surface area contributed by atoms with Gasteiger partial charge in [0.05, 0.1) is 4.90 Å². The van der Waals surface area contributed by atoms with Crippen molar-refractivity contribution >= 4 is 44.5 Å². The van der Waals surface area contributed by atoms with Crippen LogP contribution in [0.15, 0.2) is 57.8 Å². The number of carbonyl (C=O) groups is 2. The predicted molar refractivity (Wildman–Crippen MR) is 140 cm³/mol. The average molecular weight is 514 g/mol. The molecule has 0 spiro atoms. The van der Waals surface area contributed by atoms with Crippen LogP contribution in [0.3, 0.4) is 0 Å². The highest BCUT2D eigenvalue weighted by molar-refractivity contribution is 8.16. The molecule has 0 aromatic heterocycles. The van der Waals surface area contributed by atoms with Gasteiger partial charge in [0.2, 0.25) is 11.8 Å². The molecular formula is C26H31N3O4S2. The molecule has 9 heteroatoms. The van der Waals surface area contributed by atoms with Crippen molar-refractivity contribution in [3.63, 3.8) is 0 Å². The number of nitrogens with one attached hydrogen (secondary N) is 1. The number of benzene rings is 2. The maximum atomic E-state index is 13.4. The van der Waals surface area contributed by atoms with Crippen LogP contribution >= 0.6 is 11.8 Å². The van der Waals surface area contributed by atoms with E-state index in [0.717, 1.165) is 61.4 Å². The highest BCUT2D eigenvalue weighted by Crippen LogP contribution is 2.36. The first-order valence-corrected chi connectivity index (χ1v) is 14.4. The second kappa shape index (κ2) is 11.0. The van der Waals surface area contributed by atoms with E-state index in [1.54, 1.807) is 29.2 Å². The summed E-state index contributed by atoms with van der Waals surface area (Å²) in [5, 5.41) is 2.30.